The molecule has 10 nitrogen and oxygen atoms in total. The molecule has 1 aromatic rings. The summed E-state index contributed by atoms with van der Waals surface area (Å²) in [4.78, 5) is 48.8. The topological polar surface area (TPSA) is 132 Å². The molecule has 226 valence electrons. The molecule has 0 saturated heterocycles. The van der Waals surface area contributed by atoms with Crippen molar-refractivity contribution in [3.8, 4) is 0 Å². The summed E-state index contributed by atoms with van der Waals surface area (Å²) in [5.41, 5.74) is -0.280. The number of esters is 1. The number of carbonyl (C=O) groups excluding carboxylic acids is 4. The lowest BCUT2D eigenvalue weighted by Gasteiger charge is -2.23. The Morgan fingerprint density at radius 3 is 1.93 bits per heavy atom. The van der Waals surface area contributed by atoms with E-state index in [-0.39, 0.29) is 18.5 Å². The minimum absolute atomic E-state index is 0.240. The van der Waals surface area contributed by atoms with Gasteiger partial charge in [0.25, 0.3) is 0 Å². The van der Waals surface area contributed by atoms with Gasteiger partial charge >= 0.3 is 18.2 Å². The van der Waals surface area contributed by atoms with Crippen LogP contribution in [-0.2, 0) is 30.4 Å². The number of unbranched alkanes of at least 4 members (excludes halogenated alkanes) is 4. The highest BCUT2D eigenvalue weighted by Gasteiger charge is 2.24. The van der Waals surface area contributed by atoms with Gasteiger partial charge in [-0.2, -0.15) is 0 Å². The Labute approximate surface area is 239 Å². The molecule has 0 fully saturated rings. The summed E-state index contributed by atoms with van der Waals surface area (Å²) in [6, 6.07) is 8.79. The zero-order chi connectivity index (χ0) is 30.0. The van der Waals surface area contributed by atoms with Crippen LogP contribution < -0.4 is 16.0 Å². The molecule has 0 aromatic heterocycles. The number of hydrogen-bond donors (Lipinski definition) is 3. The van der Waals surface area contributed by atoms with E-state index in [9.17, 15) is 19.2 Å². The maximum absolute atomic E-state index is 12.8. The predicted molar refractivity (Wildman–Crippen MR) is 154 cm³/mol. The Morgan fingerprint density at radius 2 is 1.30 bits per heavy atom. The number of ether oxygens (including phenoxy) is 3. The number of amides is 3. The molecule has 0 heterocycles. The van der Waals surface area contributed by atoms with Crippen molar-refractivity contribution >= 4 is 24.1 Å². The summed E-state index contributed by atoms with van der Waals surface area (Å²) < 4.78 is 15.8. The van der Waals surface area contributed by atoms with Crippen molar-refractivity contribution in [2.24, 2.45) is 0 Å². The third-order valence-corrected chi connectivity index (χ3v) is 5.44. The highest BCUT2D eigenvalue weighted by atomic mass is 16.6. The van der Waals surface area contributed by atoms with E-state index in [1.165, 1.54) is 0 Å². The van der Waals surface area contributed by atoms with Crippen molar-refractivity contribution < 1.29 is 33.4 Å². The lowest BCUT2D eigenvalue weighted by Crippen LogP contribution is -2.48. The average molecular weight is 564 g/mol. The van der Waals surface area contributed by atoms with Gasteiger partial charge in [-0.05, 0) is 72.8 Å². The Bertz CT molecular complexity index is 908. The standard InChI is InChI=1S/C30H49N3O7/c1-29(2,3)39-27(36)32-21-15-8-12-18-24(33-28(37)40-30(4,5)6)26(35)31-20-14-9-13-19-25(34)38-22-23-16-10-7-11-17-23/h7,10-11,16-17,24H,8-9,12-15,18-22H2,1-6H3,(H,31,35)(H,32,36)(H,33,37)/t24-/m0/s1. The lowest BCUT2D eigenvalue weighted by molar-refractivity contribution is -0.145. The number of carbonyl (C=O) groups is 4. The van der Waals surface area contributed by atoms with Gasteiger partial charge in [0.2, 0.25) is 5.91 Å². The van der Waals surface area contributed by atoms with E-state index in [2.05, 4.69) is 16.0 Å². The van der Waals surface area contributed by atoms with Crippen LogP contribution in [0, 0.1) is 0 Å². The van der Waals surface area contributed by atoms with Crippen LogP contribution in [0.25, 0.3) is 0 Å². The van der Waals surface area contributed by atoms with Gasteiger partial charge < -0.3 is 30.2 Å². The van der Waals surface area contributed by atoms with E-state index in [0.717, 1.165) is 18.4 Å². The zero-order valence-corrected chi connectivity index (χ0v) is 25.1. The van der Waals surface area contributed by atoms with Crippen molar-refractivity contribution in [3.05, 3.63) is 35.9 Å². The molecule has 0 spiro atoms. The van der Waals surface area contributed by atoms with Gasteiger partial charge in [-0.15, -0.1) is 0 Å². The minimum atomic E-state index is -0.735. The average Bonchev–Trinajstić information content (AvgIpc) is 2.84. The first-order valence-corrected chi connectivity index (χ1v) is 14.2. The third kappa shape index (κ3) is 18.9. The number of benzene rings is 1. The lowest BCUT2D eigenvalue weighted by atomic mass is 10.1. The van der Waals surface area contributed by atoms with Gasteiger partial charge in [0, 0.05) is 19.5 Å². The second-order valence-corrected chi connectivity index (χ2v) is 11.7. The molecule has 1 aromatic carbocycles. The fourth-order valence-electron chi connectivity index (χ4n) is 3.59. The first-order chi connectivity index (χ1) is 18.7. The van der Waals surface area contributed by atoms with Crippen LogP contribution in [0.15, 0.2) is 30.3 Å². The monoisotopic (exact) mass is 563 g/mol. The first kappa shape index (κ1) is 34.7. The molecule has 0 aliphatic rings. The second kappa shape index (κ2) is 18.1. The van der Waals surface area contributed by atoms with E-state index in [0.29, 0.717) is 51.6 Å². The fraction of sp³-hybridized carbons (Fsp3) is 0.667. The molecule has 1 rings (SSSR count). The van der Waals surface area contributed by atoms with Crippen molar-refractivity contribution in [1.82, 2.24) is 16.0 Å². The van der Waals surface area contributed by atoms with Gasteiger partial charge in [0.15, 0.2) is 0 Å². The number of nitrogens with one attached hydrogen (secondary N) is 3. The number of alkyl carbamates (subject to hydrolysis) is 2. The normalized spacial score (nSPS) is 12.2. The second-order valence-electron chi connectivity index (χ2n) is 11.7. The third-order valence-electron chi connectivity index (χ3n) is 5.44. The molecule has 10 heteroatoms. The Morgan fingerprint density at radius 1 is 0.725 bits per heavy atom. The first-order valence-electron chi connectivity index (χ1n) is 14.2. The molecule has 3 N–H and O–H groups in total. The maximum atomic E-state index is 12.8. The highest BCUT2D eigenvalue weighted by molar-refractivity contribution is 5.85. The molecule has 0 aliphatic carbocycles. The minimum Gasteiger partial charge on any atom is -0.461 e. The molecule has 0 saturated carbocycles. The van der Waals surface area contributed by atoms with Crippen LogP contribution in [0.2, 0.25) is 0 Å². The Hall–Kier alpha value is -3.30. The summed E-state index contributed by atoms with van der Waals surface area (Å²) >= 11 is 0. The number of rotatable bonds is 16. The zero-order valence-electron chi connectivity index (χ0n) is 25.1. The van der Waals surface area contributed by atoms with Crippen LogP contribution in [0.3, 0.4) is 0 Å². The van der Waals surface area contributed by atoms with Crippen molar-refractivity contribution in [1.29, 1.82) is 0 Å². The molecular formula is C30H49N3O7. The molecule has 0 radical (unpaired) electrons. The Kier molecular flexibility index (Phi) is 15.7. The Balaban J connectivity index is 2.34. The van der Waals surface area contributed by atoms with Gasteiger partial charge in [-0.1, -0.05) is 49.6 Å². The van der Waals surface area contributed by atoms with Crippen LogP contribution in [-0.4, -0.2) is 54.4 Å². The summed E-state index contributed by atoms with van der Waals surface area (Å²) in [5.74, 6) is -0.518. The van der Waals surface area contributed by atoms with Gasteiger partial charge in [0.1, 0.15) is 23.9 Å². The molecular weight excluding hydrogens is 514 g/mol. The van der Waals surface area contributed by atoms with E-state index >= 15 is 0 Å². The van der Waals surface area contributed by atoms with Gasteiger partial charge in [-0.3, -0.25) is 9.59 Å². The van der Waals surface area contributed by atoms with E-state index in [1.807, 2.05) is 30.3 Å². The summed E-state index contributed by atoms with van der Waals surface area (Å²) in [6.45, 7) is 11.9. The predicted octanol–water partition coefficient (Wildman–Crippen LogP) is 5.38. The van der Waals surface area contributed by atoms with Crippen LogP contribution >= 0.6 is 0 Å². The van der Waals surface area contributed by atoms with E-state index in [1.54, 1.807) is 41.5 Å². The molecule has 40 heavy (non-hydrogen) atoms. The summed E-state index contributed by atoms with van der Waals surface area (Å²) in [5, 5.41) is 8.27. The van der Waals surface area contributed by atoms with Crippen LogP contribution in [0.1, 0.15) is 98.5 Å². The van der Waals surface area contributed by atoms with Crippen molar-refractivity contribution in [2.45, 2.75) is 117 Å². The highest BCUT2D eigenvalue weighted by Crippen LogP contribution is 2.10. The van der Waals surface area contributed by atoms with Crippen molar-refractivity contribution in [2.75, 3.05) is 13.1 Å². The SMILES string of the molecule is CC(C)(C)OC(=O)NCCCCC[C@H](NC(=O)OC(C)(C)C)C(=O)NCCCCCC(=O)OCc1ccccc1. The molecule has 1 atom stereocenters. The van der Waals surface area contributed by atoms with E-state index < -0.39 is 29.4 Å². The fourth-order valence-corrected chi connectivity index (χ4v) is 3.59. The molecule has 0 unspecified atom stereocenters. The number of hydrogen-bond acceptors (Lipinski definition) is 7. The smallest absolute Gasteiger partial charge is 0.408 e. The summed E-state index contributed by atoms with van der Waals surface area (Å²) in [6.07, 6.45) is 3.94. The molecule has 0 aliphatic heterocycles. The largest absolute Gasteiger partial charge is 0.461 e. The van der Waals surface area contributed by atoms with E-state index in [4.69, 9.17) is 14.2 Å². The van der Waals surface area contributed by atoms with Crippen LogP contribution in [0.5, 0.6) is 0 Å². The molecule has 0 bridgehead atoms. The van der Waals surface area contributed by atoms with Crippen molar-refractivity contribution in [3.63, 3.8) is 0 Å². The maximum Gasteiger partial charge on any atom is 0.408 e. The van der Waals surface area contributed by atoms with Gasteiger partial charge in [-0.25, -0.2) is 9.59 Å². The van der Waals surface area contributed by atoms with Crippen LogP contribution in [0.4, 0.5) is 9.59 Å². The van der Waals surface area contributed by atoms with Gasteiger partial charge in [0.05, 0.1) is 0 Å². The molecule has 3 amide bonds. The summed E-state index contributed by atoms with van der Waals surface area (Å²) in [7, 11) is 0. The quantitative estimate of drug-likeness (QED) is 0.140.